The molecule has 2 N–H and O–H groups in total. The van der Waals surface area contributed by atoms with Crippen LogP contribution < -0.4 is 5.73 Å². The zero-order chi connectivity index (χ0) is 7.11. The molecule has 0 amide bonds. The minimum absolute atomic E-state index is 0.202. The average Bonchev–Trinajstić information content (AvgIpc) is 1.80. The Morgan fingerprint density at radius 1 is 1.67 bits per heavy atom. The first-order chi connectivity index (χ1) is 4.27. The molecule has 1 atom stereocenters. The van der Waals surface area contributed by atoms with Gasteiger partial charge in [0, 0.05) is 11.8 Å². The Morgan fingerprint density at radius 2 is 2.33 bits per heavy atom. The topological polar surface area (TPSA) is 26.0 Å². The van der Waals surface area contributed by atoms with E-state index < -0.39 is 0 Å². The van der Waals surface area contributed by atoms with Crippen LogP contribution in [0.5, 0.6) is 0 Å². The normalized spacial score (nSPS) is 13.7. The Labute approximate surface area is 60.2 Å². The minimum Gasteiger partial charge on any atom is -0.327 e. The first-order valence-electron chi connectivity index (χ1n) is 3.16. The number of rotatable bonds is 5. The van der Waals surface area contributed by atoms with Crippen molar-refractivity contribution < 1.29 is 4.39 Å². The Balaban J connectivity index is 2.75. The Bertz CT molecular complexity index is 59.0. The summed E-state index contributed by atoms with van der Waals surface area (Å²) in [4.78, 5) is 0. The molecule has 0 rings (SSSR count). The minimum atomic E-state index is -0.202. The molecule has 1 unspecified atom stereocenters. The van der Waals surface area contributed by atoms with Gasteiger partial charge in [-0.2, -0.15) is 11.8 Å². The first kappa shape index (κ1) is 9.24. The standard InChI is InChI=1S/C6H14FNS/c1-6(8)5-9-4-2-3-7/h6H,2-5,8H2,1H3. The van der Waals surface area contributed by atoms with Gasteiger partial charge in [0.2, 0.25) is 0 Å². The van der Waals surface area contributed by atoms with Gasteiger partial charge in [0.05, 0.1) is 6.67 Å². The molecular weight excluding hydrogens is 137 g/mol. The molecular formula is C6H14FNS. The zero-order valence-corrected chi connectivity index (χ0v) is 6.59. The Hall–Kier alpha value is 0.240. The van der Waals surface area contributed by atoms with Crippen LogP contribution in [-0.2, 0) is 0 Å². The van der Waals surface area contributed by atoms with Gasteiger partial charge in [-0.05, 0) is 19.1 Å². The highest BCUT2D eigenvalue weighted by molar-refractivity contribution is 7.99. The van der Waals surface area contributed by atoms with Crippen molar-refractivity contribution in [3.8, 4) is 0 Å². The maximum absolute atomic E-state index is 11.5. The predicted molar refractivity (Wildman–Crippen MR) is 41.6 cm³/mol. The SMILES string of the molecule is CC(N)CSCCCF. The number of alkyl halides is 1. The maximum Gasteiger partial charge on any atom is 0.0902 e. The van der Waals surface area contributed by atoms with Gasteiger partial charge in [-0.3, -0.25) is 4.39 Å². The third-order valence-corrected chi connectivity index (χ3v) is 2.14. The van der Waals surface area contributed by atoms with Crippen molar-refractivity contribution in [3.63, 3.8) is 0 Å². The molecule has 0 aliphatic rings. The van der Waals surface area contributed by atoms with E-state index >= 15 is 0 Å². The molecule has 0 saturated heterocycles. The molecule has 56 valence electrons. The highest BCUT2D eigenvalue weighted by Crippen LogP contribution is 2.02. The van der Waals surface area contributed by atoms with Gasteiger partial charge >= 0.3 is 0 Å². The molecule has 0 bridgehead atoms. The summed E-state index contributed by atoms with van der Waals surface area (Å²) in [5, 5.41) is 0. The van der Waals surface area contributed by atoms with Crippen molar-refractivity contribution >= 4 is 11.8 Å². The third-order valence-electron chi connectivity index (χ3n) is 0.803. The molecule has 0 aliphatic heterocycles. The summed E-state index contributed by atoms with van der Waals surface area (Å²) in [5.41, 5.74) is 5.46. The first-order valence-corrected chi connectivity index (χ1v) is 4.32. The molecule has 1 nitrogen and oxygen atoms in total. The van der Waals surface area contributed by atoms with Gasteiger partial charge < -0.3 is 5.73 Å². The lowest BCUT2D eigenvalue weighted by molar-refractivity contribution is 0.489. The fourth-order valence-corrected chi connectivity index (χ4v) is 1.28. The molecule has 9 heavy (non-hydrogen) atoms. The van der Waals surface area contributed by atoms with E-state index in [1.165, 1.54) is 0 Å². The molecule has 0 heterocycles. The van der Waals surface area contributed by atoms with E-state index in [4.69, 9.17) is 5.73 Å². The van der Waals surface area contributed by atoms with E-state index in [-0.39, 0.29) is 12.7 Å². The van der Waals surface area contributed by atoms with E-state index in [0.717, 1.165) is 11.5 Å². The lowest BCUT2D eigenvalue weighted by atomic mass is 10.4. The van der Waals surface area contributed by atoms with Crippen molar-refractivity contribution in [2.24, 2.45) is 5.73 Å². The summed E-state index contributed by atoms with van der Waals surface area (Å²) in [6.07, 6.45) is 0.664. The summed E-state index contributed by atoms with van der Waals surface area (Å²) in [5.74, 6) is 1.85. The van der Waals surface area contributed by atoms with E-state index in [1.807, 2.05) is 6.92 Å². The molecule has 0 fully saturated rings. The van der Waals surface area contributed by atoms with Gasteiger partial charge in [0.1, 0.15) is 0 Å². The van der Waals surface area contributed by atoms with Crippen molar-refractivity contribution in [1.29, 1.82) is 0 Å². The number of thioether (sulfide) groups is 1. The van der Waals surface area contributed by atoms with Crippen LogP contribution in [0.15, 0.2) is 0 Å². The number of hydrogen-bond donors (Lipinski definition) is 1. The lowest BCUT2D eigenvalue weighted by Gasteiger charge is -2.01. The highest BCUT2D eigenvalue weighted by atomic mass is 32.2. The quantitative estimate of drug-likeness (QED) is 0.601. The second kappa shape index (κ2) is 6.36. The Morgan fingerprint density at radius 3 is 2.78 bits per heavy atom. The van der Waals surface area contributed by atoms with Gasteiger partial charge in [-0.1, -0.05) is 0 Å². The number of hydrogen-bond acceptors (Lipinski definition) is 2. The summed E-state index contributed by atoms with van der Waals surface area (Å²) < 4.78 is 11.5. The predicted octanol–water partition coefficient (Wildman–Crippen LogP) is 1.43. The van der Waals surface area contributed by atoms with Crippen LogP contribution in [0.1, 0.15) is 13.3 Å². The maximum atomic E-state index is 11.5. The fraction of sp³-hybridized carbons (Fsp3) is 1.00. The van der Waals surface area contributed by atoms with Crippen molar-refractivity contribution in [2.45, 2.75) is 19.4 Å². The zero-order valence-electron chi connectivity index (χ0n) is 5.77. The molecule has 0 aliphatic carbocycles. The van der Waals surface area contributed by atoms with Gasteiger partial charge in [-0.25, -0.2) is 0 Å². The number of halogens is 1. The van der Waals surface area contributed by atoms with Crippen LogP contribution in [0.2, 0.25) is 0 Å². The largest absolute Gasteiger partial charge is 0.327 e. The lowest BCUT2D eigenvalue weighted by Crippen LogP contribution is -2.17. The fourth-order valence-electron chi connectivity index (χ4n) is 0.426. The molecule has 0 aromatic carbocycles. The van der Waals surface area contributed by atoms with E-state index in [2.05, 4.69) is 0 Å². The second-order valence-corrected chi connectivity index (χ2v) is 3.24. The van der Waals surface area contributed by atoms with Crippen LogP contribution in [0, 0.1) is 0 Å². The van der Waals surface area contributed by atoms with Gasteiger partial charge in [0.25, 0.3) is 0 Å². The van der Waals surface area contributed by atoms with Crippen molar-refractivity contribution in [1.82, 2.24) is 0 Å². The molecule has 0 radical (unpaired) electrons. The van der Waals surface area contributed by atoms with Gasteiger partial charge in [-0.15, -0.1) is 0 Å². The summed E-state index contributed by atoms with van der Waals surface area (Å²) in [7, 11) is 0. The van der Waals surface area contributed by atoms with Crippen LogP contribution in [0.4, 0.5) is 4.39 Å². The summed E-state index contributed by atoms with van der Waals surface area (Å²) in [6, 6.07) is 0.245. The van der Waals surface area contributed by atoms with Gasteiger partial charge in [0.15, 0.2) is 0 Å². The average molecular weight is 151 g/mol. The Kier molecular flexibility index (Phi) is 6.53. The van der Waals surface area contributed by atoms with Crippen LogP contribution in [0.3, 0.4) is 0 Å². The molecule has 3 heteroatoms. The molecule has 0 spiro atoms. The molecule has 0 aromatic rings. The van der Waals surface area contributed by atoms with Crippen molar-refractivity contribution in [2.75, 3.05) is 18.2 Å². The van der Waals surface area contributed by atoms with Crippen LogP contribution in [0.25, 0.3) is 0 Å². The van der Waals surface area contributed by atoms with E-state index in [1.54, 1.807) is 11.8 Å². The third kappa shape index (κ3) is 8.24. The molecule has 0 saturated carbocycles. The number of nitrogens with two attached hydrogens (primary N) is 1. The summed E-state index contributed by atoms with van der Waals surface area (Å²) in [6.45, 7) is 1.76. The summed E-state index contributed by atoms with van der Waals surface area (Å²) >= 11 is 1.72. The van der Waals surface area contributed by atoms with E-state index in [9.17, 15) is 4.39 Å². The monoisotopic (exact) mass is 151 g/mol. The molecule has 0 aromatic heterocycles. The van der Waals surface area contributed by atoms with Crippen molar-refractivity contribution in [3.05, 3.63) is 0 Å². The smallest absolute Gasteiger partial charge is 0.0902 e. The van der Waals surface area contributed by atoms with Crippen LogP contribution in [-0.4, -0.2) is 24.2 Å². The van der Waals surface area contributed by atoms with Crippen LogP contribution >= 0.6 is 11.8 Å². The van der Waals surface area contributed by atoms with E-state index in [0.29, 0.717) is 6.42 Å². The highest BCUT2D eigenvalue weighted by Gasteiger charge is 1.92. The second-order valence-electron chi connectivity index (χ2n) is 2.09.